The van der Waals surface area contributed by atoms with Crippen molar-refractivity contribution in [2.24, 2.45) is 0 Å². The van der Waals surface area contributed by atoms with Gasteiger partial charge in [0.25, 0.3) is 0 Å². The van der Waals surface area contributed by atoms with Gasteiger partial charge < -0.3 is 19.6 Å². The molecule has 0 aliphatic carbocycles. The first-order valence-electron chi connectivity index (χ1n) is 8.34. The maximum Gasteiger partial charge on any atom is 0.205 e. The summed E-state index contributed by atoms with van der Waals surface area (Å²) in [5, 5.41) is 7.32. The zero-order chi connectivity index (χ0) is 19.8. The van der Waals surface area contributed by atoms with Crippen LogP contribution in [0, 0.1) is 5.82 Å². The van der Waals surface area contributed by atoms with Crippen LogP contribution in [0.4, 0.5) is 10.2 Å². The number of anilines is 1. The molecule has 0 aliphatic heterocycles. The first kappa shape index (κ1) is 18.1. The molecule has 28 heavy (non-hydrogen) atoms. The van der Waals surface area contributed by atoms with Gasteiger partial charge in [0.05, 0.1) is 29.3 Å². The van der Waals surface area contributed by atoms with Crippen LogP contribution in [0.5, 0.6) is 11.5 Å². The summed E-state index contributed by atoms with van der Waals surface area (Å²) in [5.41, 5.74) is 8.43. The van der Waals surface area contributed by atoms with E-state index < -0.39 is 11.9 Å². The van der Waals surface area contributed by atoms with Crippen molar-refractivity contribution in [1.82, 2.24) is 15.2 Å². The summed E-state index contributed by atoms with van der Waals surface area (Å²) in [7, 11) is 1.47. The lowest BCUT2D eigenvalue weighted by Gasteiger charge is -2.20. The summed E-state index contributed by atoms with van der Waals surface area (Å²) >= 11 is 6.15. The zero-order valence-corrected chi connectivity index (χ0v) is 15.7. The Bertz CT molecular complexity index is 1140. The maximum atomic E-state index is 14.0. The van der Waals surface area contributed by atoms with Crippen LogP contribution in [0.2, 0.25) is 5.02 Å². The van der Waals surface area contributed by atoms with Gasteiger partial charge >= 0.3 is 0 Å². The van der Waals surface area contributed by atoms with E-state index in [2.05, 4.69) is 15.2 Å². The van der Waals surface area contributed by atoms with E-state index in [-0.39, 0.29) is 16.6 Å². The molecule has 3 N–H and O–H groups in total. The number of furan rings is 1. The highest BCUT2D eigenvalue weighted by atomic mass is 35.5. The second-order valence-corrected chi connectivity index (χ2v) is 6.47. The van der Waals surface area contributed by atoms with Crippen molar-refractivity contribution in [3.8, 4) is 22.6 Å². The smallest absolute Gasteiger partial charge is 0.205 e. The Labute approximate surface area is 164 Å². The number of fused-ring (bicyclic) bond motifs is 1. The predicted molar refractivity (Wildman–Crippen MR) is 103 cm³/mol. The zero-order valence-electron chi connectivity index (χ0n) is 15.0. The summed E-state index contributed by atoms with van der Waals surface area (Å²) in [6.07, 6.45) is 5.89. The van der Waals surface area contributed by atoms with Gasteiger partial charge in [-0.25, -0.2) is 9.37 Å². The largest absolute Gasteiger partial charge is 0.496 e. The normalized spacial score (nSPS) is 12.3. The quantitative estimate of drug-likeness (QED) is 0.500. The van der Waals surface area contributed by atoms with Crippen molar-refractivity contribution in [2.75, 3.05) is 12.8 Å². The Balaban J connectivity index is 1.79. The number of nitrogen functional groups attached to an aromatic ring is 1. The number of aromatic nitrogens is 3. The third kappa shape index (κ3) is 2.91. The second kappa shape index (κ2) is 7.05. The van der Waals surface area contributed by atoms with Gasteiger partial charge in [-0.15, -0.1) is 0 Å². The van der Waals surface area contributed by atoms with Gasteiger partial charge in [-0.1, -0.05) is 11.6 Å². The Morgan fingerprint density at radius 3 is 2.86 bits per heavy atom. The van der Waals surface area contributed by atoms with Crippen LogP contribution in [0.3, 0.4) is 0 Å². The average Bonchev–Trinajstić information content (AvgIpc) is 3.35. The molecular weight excluding hydrogens is 387 g/mol. The molecule has 0 aliphatic rings. The topological polar surface area (TPSA) is 99.2 Å². The van der Waals surface area contributed by atoms with Crippen LogP contribution < -0.4 is 15.2 Å². The maximum absolute atomic E-state index is 14.0. The third-order valence-electron chi connectivity index (χ3n) is 4.42. The Kier molecular flexibility index (Phi) is 4.56. The van der Waals surface area contributed by atoms with E-state index in [1.807, 2.05) is 0 Å². The lowest BCUT2D eigenvalue weighted by molar-refractivity contribution is 0.221. The van der Waals surface area contributed by atoms with E-state index in [4.69, 9.17) is 31.2 Å². The monoisotopic (exact) mass is 402 g/mol. The molecule has 3 aromatic heterocycles. The first-order valence-corrected chi connectivity index (χ1v) is 8.72. The van der Waals surface area contributed by atoms with E-state index in [9.17, 15) is 4.39 Å². The molecule has 3 heterocycles. The molecule has 4 aromatic rings. The summed E-state index contributed by atoms with van der Waals surface area (Å²) < 4.78 is 31.0. The predicted octanol–water partition coefficient (Wildman–Crippen LogP) is 4.74. The van der Waals surface area contributed by atoms with Gasteiger partial charge in [0.2, 0.25) is 5.75 Å². The number of nitrogens with two attached hydrogens (primary N) is 1. The fourth-order valence-corrected chi connectivity index (χ4v) is 3.37. The molecular formula is C19H16ClFN4O3. The van der Waals surface area contributed by atoms with E-state index in [0.717, 1.165) is 11.1 Å². The molecule has 0 saturated carbocycles. The van der Waals surface area contributed by atoms with Crippen molar-refractivity contribution in [3.05, 3.63) is 53.4 Å². The van der Waals surface area contributed by atoms with Crippen LogP contribution in [0.25, 0.3) is 22.1 Å². The highest BCUT2D eigenvalue weighted by Gasteiger charge is 2.24. The molecule has 144 valence electrons. The van der Waals surface area contributed by atoms with E-state index in [0.29, 0.717) is 22.3 Å². The summed E-state index contributed by atoms with van der Waals surface area (Å²) in [6.45, 7) is 1.71. The Morgan fingerprint density at radius 2 is 2.14 bits per heavy atom. The number of H-pyrrole nitrogens is 1. The van der Waals surface area contributed by atoms with E-state index >= 15 is 0 Å². The van der Waals surface area contributed by atoms with Gasteiger partial charge in [0, 0.05) is 23.5 Å². The van der Waals surface area contributed by atoms with Crippen molar-refractivity contribution in [3.63, 3.8) is 0 Å². The number of benzene rings is 1. The Morgan fingerprint density at radius 1 is 1.32 bits per heavy atom. The number of ether oxygens (including phenoxy) is 2. The molecule has 0 amide bonds. The molecule has 0 fully saturated rings. The molecule has 0 spiro atoms. The molecule has 1 aromatic carbocycles. The van der Waals surface area contributed by atoms with Crippen LogP contribution in [0.15, 0.2) is 41.4 Å². The minimum Gasteiger partial charge on any atom is -0.496 e. The van der Waals surface area contributed by atoms with Crippen LogP contribution in [0.1, 0.15) is 18.6 Å². The van der Waals surface area contributed by atoms with E-state index in [1.54, 1.807) is 31.8 Å². The van der Waals surface area contributed by atoms with Gasteiger partial charge in [0.1, 0.15) is 23.9 Å². The van der Waals surface area contributed by atoms with Crippen LogP contribution in [-0.2, 0) is 0 Å². The highest BCUT2D eigenvalue weighted by Crippen LogP contribution is 2.41. The van der Waals surface area contributed by atoms with Crippen LogP contribution >= 0.6 is 11.6 Å². The van der Waals surface area contributed by atoms with Crippen molar-refractivity contribution in [1.29, 1.82) is 0 Å². The standard InChI is InChI=1S/C19H16ClFN4O3/c1-9(15-14(26-2)4-3-13(21)16(15)20)28-18-17-11(7-23-19(18)22)12(8-27-17)10-5-24-25-6-10/h3-9H,1-2H3,(H2,22,23)(H,24,25)/t9-/m1/s1. The Hall–Kier alpha value is -3.26. The number of hydrogen-bond donors (Lipinski definition) is 2. The average molecular weight is 403 g/mol. The molecule has 9 heteroatoms. The third-order valence-corrected chi connectivity index (χ3v) is 4.81. The number of halogens is 2. The van der Waals surface area contributed by atoms with Gasteiger partial charge in [-0.2, -0.15) is 5.10 Å². The fraction of sp³-hybridized carbons (Fsp3) is 0.158. The molecule has 0 saturated heterocycles. The highest BCUT2D eigenvalue weighted by molar-refractivity contribution is 6.31. The summed E-state index contributed by atoms with van der Waals surface area (Å²) in [5.74, 6) is 0.203. The summed E-state index contributed by atoms with van der Waals surface area (Å²) in [4.78, 5) is 4.20. The summed E-state index contributed by atoms with van der Waals surface area (Å²) in [6, 6.07) is 2.72. The molecule has 7 nitrogen and oxygen atoms in total. The van der Waals surface area contributed by atoms with Gasteiger partial charge in [-0.3, -0.25) is 5.10 Å². The van der Waals surface area contributed by atoms with Gasteiger partial charge in [0.15, 0.2) is 11.4 Å². The van der Waals surface area contributed by atoms with Crippen LogP contribution in [-0.4, -0.2) is 22.3 Å². The minimum atomic E-state index is -0.685. The number of pyridine rings is 1. The number of rotatable bonds is 5. The number of methoxy groups -OCH3 is 1. The minimum absolute atomic E-state index is 0.0795. The van der Waals surface area contributed by atoms with Gasteiger partial charge in [-0.05, 0) is 19.1 Å². The number of hydrogen-bond acceptors (Lipinski definition) is 6. The number of aromatic amines is 1. The molecule has 4 rings (SSSR count). The lowest BCUT2D eigenvalue weighted by Crippen LogP contribution is -2.09. The SMILES string of the molecule is COc1ccc(F)c(Cl)c1[C@@H](C)Oc1c(N)ncc2c(-c3cn[nH]c3)coc12. The number of nitrogens with one attached hydrogen (secondary N) is 1. The molecule has 0 radical (unpaired) electrons. The van der Waals surface area contributed by atoms with Crippen molar-refractivity contribution in [2.45, 2.75) is 13.0 Å². The van der Waals surface area contributed by atoms with Crippen molar-refractivity contribution < 1.29 is 18.3 Å². The second-order valence-electron chi connectivity index (χ2n) is 6.09. The first-order chi connectivity index (χ1) is 13.5. The lowest BCUT2D eigenvalue weighted by atomic mass is 10.1. The number of nitrogens with zero attached hydrogens (tertiary/aromatic N) is 2. The molecule has 0 bridgehead atoms. The van der Waals surface area contributed by atoms with Crippen molar-refractivity contribution >= 4 is 28.4 Å². The molecule has 0 unspecified atom stereocenters. The molecule has 1 atom stereocenters. The fourth-order valence-electron chi connectivity index (χ4n) is 3.06. The van der Waals surface area contributed by atoms with E-state index in [1.165, 1.54) is 19.2 Å².